The van der Waals surface area contributed by atoms with Crippen molar-refractivity contribution < 1.29 is 13.7 Å². The van der Waals surface area contributed by atoms with Crippen molar-refractivity contribution in [3.05, 3.63) is 30.3 Å². The highest BCUT2D eigenvalue weighted by Gasteiger charge is 2.08. The van der Waals surface area contributed by atoms with E-state index in [9.17, 15) is 4.39 Å². The topological polar surface area (TPSA) is 29.5 Å². The lowest BCUT2D eigenvalue weighted by atomic mass is 10.3. The quantitative estimate of drug-likeness (QED) is 0.740. The Bertz CT molecular complexity index is 243. The summed E-state index contributed by atoms with van der Waals surface area (Å²) in [5, 5.41) is 8.61. The maximum atomic E-state index is 12.3. The summed E-state index contributed by atoms with van der Waals surface area (Å²) in [5.41, 5.74) is 0. The Morgan fingerprint density at radius 2 is 2.07 bits per heavy atom. The highest BCUT2D eigenvalue weighted by atomic mass is 32.2. The van der Waals surface area contributed by atoms with Crippen LogP contribution >= 0.6 is 12.0 Å². The molecule has 4 heteroatoms. The van der Waals surface area contributed by atoms with Gasteiger partial charge in [0.25, 0.3) is 0 Å². The van der Waals surface area contributed by atoms with E-state index in [-0.39, 0.29) is 6.61 Å². The van der Waals surface area contributed by atoms with Gasteiger partial charge in [-0.2, -0.15) is 0 Å². The van der Waals surface area contributed by atoms with Crippen molar-refractivity contribution in [2.75, 3.05) is 13.3 Å². The minimum absolute atomic E-state index is 0.0517. The summed E-state index contributed by atoms with van der Waals surface area (Å²) in [7, 11) is 0. The van der Waals surface area contributed by atoms with Gasteiger partial charge < -0.3 is 9.29 Å². The molecule has 2 nitrogen and oxygen atoms in total. The van der Waals surface area contributed by atoms with Crippen LogP contribution in [-0.4, -0.2) is 24.5 Å². The van der Waals surface area contributed by atoms with E-state index in [0.717, 1.165) is 16.9 Å². The van der Waals surface area contributed by atoms with Crippen molar-refractivity contribution in [3.63, 3.8) is 0 Å². The molecule has 0 aliphatic rings. The second-order valence-corrected chi connectivity index (χ2v) is 3.61. The lowest BCUT2D eigenvalue weighted by Gasteiger charge is -2.11. The van der Waals surface area contributed by atoms with Crippen LogP contribution in [0.25, 0.3) is 0 Å². The number of aliphatic hydroxyl groups is 1. The molecule has 0 aliphatic carbocycles. The van der Waals surface area contributed by atoms with Crippen LogP contribution in [0.5, 0.6) is 0 Å². The highest BCUT2D eigenvalue weighted by molar-refractivity contribution is 7.94. The molecule has 0 amide bonds. The Hall–Kier alpha value is -0.580. The highest BCUT2D eigenvalue weighted by Crippen LogP contribution is 2.21. The summed E-state index contributed by atoms with van der Waals surface area (Å²) in [6.07, 6.45) is -0.193. The number of halogens is 1. The summed E-state index contributed by atoms with van der Waals surface area (Å²) in [6, 6.07) is 9.46. The van der Waals surface area contributed by atoms with E-state index >= 15 is 0 Å². The molecule has 14 heavy (non-hydrogen) atoms. The standard InChI is InChI=1S/C10H13FO2S/c11-8-9(6-7-12)13-14-10-4-2-1-3-5-10/h1-5,9,12H,6-8H2. The molecule has 0 saturated heterocycles. The van der Waals surface area contributed by atoms with Crippen LogP contribution in [0.2, 0.25) is 0 Å². The maximum absolute atomic E-state index is 12.3. The Labute approximate surface area is 87.3 Å². The molecule has 1 N–H and O–H groups in total. The Morgan fingerprint density at radius 1 is 1.36 bits per heavy atom. The van der Waals surface area contributed by atoms with Crippen LogP contribution in [0.3, 0.4) is 0 Å². The fourth-order valence-electron chi connectivity index (χ4n) is 0.895. The number of hydrogen-bond donors (Lipinski definition) is 1. The van der Waals surface area contributed by atoms with Crippen LogP contribution in [0.4, 0.5) is 4.39 Å². The molecule has 78 valence electrons. The van der Waals surface area contributed by atoms with Crippen molar-refractivity contribution in [1.29, 1.82) is 0 Å². The number of hydrogen-bond acceptors (Lipinski definition) is 3. The van der Waals surface area contributed by atoms with Gasteiger partial charge >= 0.3 is 0 Å². The van der Waals surface area contributed by atoms with Crippen LogP contribution in [-0.2, 0) is 4.18 Å². The van der Waals surface area contributed by atoms with Crippen LogP contribution in [0.15, 0.2) is 35.2 Å². The largest absolute Gasteiger partial charge is 0.396 e. The molecular weight excluding hydrogens is 203 g/mol. The average Bonchev–Trinajstić information content (AvgIpc) is 2.25. The first-order valence-electron chi connectivity index (χ1n) is 4.42. The van der Waals surface area contributed by atoms with Crippen molar-refractivity contribution in [2.45, 2.75) is 17.4 Å². The molecule has 0 heterocycles. The Balaban J connectivity index is 2.32. The molecular formula is C10H13FO2S. The van der Waals surface area contributed by atoms with Crippen molar-refractivity contribution >= 4 is 12.0 Å². The van der Waals surface area contributed by atoms with Gasteiger partial charge in [-0.3, -0.25) is 0 Å². The summed E-state index contributed by atoms with van der Waals surface area (Å²) in [4.78, 5) is 0.934. The SMILES string of the molecule is OCCC(CF)OSc1ccccc1. The monoisotopic (exact) mass is 216 g/mol. The van der Waals surface area contributed by atoms with E-state index in [1.54, 1.807) is 0 Å². The zero-order valence-corrected chi connectivity index (χ0v) is 8.54. The summed E-state index contributed by atoms with van der Waals surface area (Å²) < 4.78 is 17.5. The van der Waals surface area contributed by atoms with Crippen LogP contribution in [0, 0.1) is 0 Å². The zero-order chi connectivity index (χ0) is 10.2. The number of aliphatic hydroxyl groups excluding tert-OH is 1. The van der Waals surface area contributed by atoms with Gasteiger partial charge in [0.05, 0.1) is 0 Å². The van der Waals surface area contributed by atoms with Gasteiger partial charge in [-0.1, -0.05) is 18.2 Å². The number of alkyl halides is 1. The zero-order valence-electron chi connectivity index (χ0n) is 7.73. The maximum Gasteiger partial charge on any atom is 0.117 e. The predicted octanol–water partition coefficient (Wildman–Crippen LogP) is 2.43. The summed E-state index contributed by atoms with van der Waals surface area (Å²) in [6.45, 7) is -0.621. The second-order valence-electron chi connectivity index (χ2n) is 2.78. The number of rotatable bonds is 6. The first-order chi connectivity index (χ1) is 6.86. The van der Waals surface area contributed by atoms with Gasteiger partial charge in [-0.15, -0.1) is 0 Å². The minimum Gasteiger partial charge on any atom is -0.396 e. The second kappa shape index (κ2) is 6.81. The van der Waals surface area contributed by atoms with Gasteiger partial charge in [0, 0.05) is 30.0 Å². The third-order valence-corrected chi connectivity index (χ3v) is 2.48. The molecule has 0 aliphatic heterocycles. The molecule has 0 fully saturated rings. The smallest absolute Gasteiger partial charge is 0.117 e. The molecule has 0 spiro atoms. The molecule has 0 saturated carbocycles. The molecule has 1 rings (SSSR count). The third kappa shape index (κ3) is 4.09. The van der Waals surface area contributed by atoms with Gasteiger partial charge in [-0.25, -0.2) is 4.39 Å². The molecule has 0 bridgehead atoms. The molecule has 1 aromatic carbocycles. The molecule has 0 radical (unpaired) electrons. The normalized spacial score (nSPS) is 12.7. The minimum atomic E-state index is -0.569. The lowest BCUT2D eigenvalue weighted by molar-refractivity contribution is 0.149. The van der Waals surface area contributed by atoms with E-state index in [2.05, 4.69) is 0 Å². The van der Waals surface area contributed by atoms with Crippen LogP contribution < -0.4 is 0 Å². The van der Waals surface area contributed by atoms with E-state index in [1.807, 2.05) is 30.3 Å². The van der Waals surface area contributed by atoms with E-state index in [0.29, 0.717) is 6.42 Å². The van der Waals surface area contributed by atoms with Crippen molar-refractivity contribution in [2.24, 2.45) is 0 Å². The van der Waals surface area contributed by atoms with Gasteiger partial charge in [0.15, 0.2) is 0 Å². The Morgan fingerprint density at radius 3 is 2.64 bits per heavy atom. The first kappa shape index (κ1) is 11.5. The lowest BCUT2D eigenvalue weighted by Crippen LogP contribution is -2.13. The van der Waals surface area contributed by atoms with E-state index in [4.69, 9.17) is 9.29 Å². The van der Waals surface area contributed by atoms with Crippen LogP contribution in [0.1, 0.15) is 6.42 Å². The number of benzene rings is 1. The fourth-order valence-corrected chi connectivity index (χ4v) is 1.56. The summed E-state index contributed by atoms with van der Waals surface area (Å²) >= 11 is 1.14. The van der Waals surface area contributed by atoms with Crippen molar-refractivity contribution in [1.82, 2.24) is 0 Å². The predicted molar refractivity (Wildman–Crippen MR) is 54.8 cm³/mol. The molecule has 1 aromatic rings. The van der Waals surface area contributed by atoms with Gasteiger partial charge in [0.2, 0.25) is 0 Å². The average molecular weight is 216 g/mol. The third-order valence-electron chi connectivity index (χ3n) is 1.65. The first-order valence-corrected chi connectivity index (χ1v) is 5.16. The van der Waals surface area contributed by atoms with E-state index in [1.165, 1.54) is 0 Å². The van der Waals surface area contributed by atoms with E-state index < -0.39 is 12.8 Å². The fraction of sp³-hybridized carbons (Fsp3) is 0.400. The van der Waals surface area contributed by atoms with Crippen molar-refractivity contribution in [3.8, 4) is 0 Å². The molecule has 1 atom stereocenters. The molecule has 1 unspecified atom stereocenters. The Kier molecular flexibility index (Phi) is 5.59. The van der Waals surface area contributed by atoms with Gasteiger partial charge in [0.1, 0.15) is 12.8 Å². The summed E-state index contributed by atoms with van der Waals surface area (Å²) in [5.74, 6) is 0. The van der Waals surface area contributed by atoms with Gasteiger partial charge in [-0.05, 0) is 12.1 Å². The molecule has 0 aromatic heterocycles.